The number of aryl methyl sites for hydroxylation is 1. The summed E-state index contributed by atoms with van der Waals surface area (Å²) in [5.74, 6) is 0.713. The van der Waals surface area contributed by atoms with Crippen molar-refractivity contribution in [1.29, 1.82) is 0 Å². The lowest BCUT2D eigenvalue weighted by molar-refractivity contribution is -0.138. The van der Waals surface area contributed by atoms with Crippen LogP contribution in [0.25, 0.3) is 21.9 Å². The minimum absolute atomic E-state index is 0.454. The fraction of sp³-hybridized carbons (Fsp3) is 0.200. The van der Waals surface area contributed by atoms with Crippen LogP contribution in [0.1, 0.15) is 29.9 Å². The number of nitrogens with zero attached hydrogens (tertiary/aromatic N) is 1. The van der Waals surface area contributed by atoms with Crippen molar-refractivity contribution in [2.75, 3.05) is 6.61 Å². The van der Waals surface area contributed by atoms with Gasteiger partial charge >= 0.3 is 5.97 Å². The highest BCUT2D eigenvalue weighted by molar-refractivity contribution is 7.13. The summed E-state index contributed by atoms with van der Waals surface area (Å²) in [4.78, 5) is 17.0. The third kappa shape index (κ3) is 4.86. The molecule has 4 rings (SSSR count). The number of benzene rings is 2. The number of rotatable bonds is 8. The highest BCUT2D eigenvalue weighted by Crippen LogP contribution is 2.30. The van der Waals surface area contributed by atoms with Gasteiger partial charge in [-0.05, 0) is 60.7 Å². The van der Waals surface area contributed by atoms with Gasteiger partial charge in [0, 0.05) is 16.9 Å². The number of aromatic nitrogens is 1. The van der Waals surface area contributed by atoms with E-state index < -0.39 is 11.9 Å². The topological polar surface area (TPSA) is 72.6 Å². The first-order valence-corrected chi connectivity index (χ1v) is 11.0. The molecular formula is C25H23NO4S. The van der Waals surface area contributed by atoms with E-state index in [1.807, 2.05) is 25.1 Å². The highest BCUT2D eigenvalue weighted by Gasteiger charge is 2.14. The van der Waals surface area contributed by atoms with Gasteiger partial charge in [0.2, 0.25) is 5.89 Å². The van der Waals surface area contributed by atoms with E-state index in [9.17, 15) is 4.79 Å². The van der Waals surface area contributed by atoms with Gasteiger partial charge in [0.25, 0.3) is 0 Å². The molecule has 1 atom stereocenters. The first-order chi connectivity index (χ1) is 15.0. The molecule has 0 aliphatic carbocycles. The molecule has 1 N–H and O–H groups in total. The van der Waals surface area contributed by atoms with Crippen LogP contribution < -0.4 is 4.74 Å². The number of hydrogen-bond acceptors (Lipinski definition) is 5. The molecule has 2 aromatic heterocycles. The summed E-state index contributed by atoms with van der Waals surface area (Å²) in [5, 5.41) is 11.2. The van der Waals surface area contributed by atoms with Crippen molar-refractivity contribution in [1.82, 2.24) is 4.98 Å². The zero-order chi connectivity index (χ0) is 21.8. The van der Waals surface area contributed by atoms with Crippen molar-refractivity contribution in [3.05, 3.63) is 83.1 Å². The Morgan fingerprint density at radius 3 is 2.61 bits per heavy atom. The number of hydrogen-bond donors (Lipinski definition) is 1. The SMILES string of the molecule is Cc1oc(-c2cccc(-c3cccs3)c2)nc1CCOc1ccc(C(C)C(=O)O)cc1. The predicted octanol–water partition coefficient (Wildman–Crippen LogP) is 6.19. The zero-order valence-corrected chi connectivity index (χ0v) is 18.2. The Balaban J connectivity index is 1.40. The Labute approximate surface area is 185 Å². The van der Waals surface area contributed by atoms with Crippen LogP contribution in [0.15, 0.2) is 70.5 Å². The van der Waals surface area contributed by atoms with Crippen LogP contribution >= 0.6 is 11.3 Å². The minimum Gasteiger partial charge on any atom is -0.493 e. The largest absolute Gasteiger partial charge is 0.493 e. The van der Waals surface area contributed by atoms with Crippen LogP contribution in [0, 0.1) is 6.92 Å². The lowest BCUT2D eigenvalue weighted by Gasteiger charge is -2.09. The summed E-state index contributed by atoms with van der Waals surface area (Å²) in [5.41, 5.74) is 3.72. The Morgan fingerprint density at radius 1 is 1.13 bits per heavy atom. The smallest absolute Gasteiger partial charge is 0.310 e. The van der Waals surface area contributed by atoms with Gasteiger partial charge in [-0.2, -0.15) is 0 Å². The quantitative estimate of drug-likeness (QED) is 0.359. The van der Waals surface area contributed by atoms with Crippen molar-refractivity contribution in [2.24, 2.45) is 0 Å². The summed E-state index contributed by atoms with van der Waals surface area (Å²) >= 11 is 1.70. The van der Waals surface area contributed by atoms with E-state index in [0.717, 1.165) is 28.1 Å². The third-order valence-electron chi connectivity index (χ3n) is 5.17. The number of carbonyl (C=O) groups is 1. The molecule has 5 nitrogen and oxygen atoms in total. The van der Waals surface area contributed by atoms with Crippen LogP contribution in [0.4, 0.5) is 0 Å². The third-order valence-corrected chi connectivity index (χ3v) is 6.08. The first-order valence-electron chi connectivity index (χ1n) is 10.1. The van der Waals surface area contributed by atoms with Gasteiger partial charge < -0.3 is 14.3 Å². The van der Waals surface area contributed by atoms with Gasteiger partial charge in [-0.25, -0.2) is 4.98 Å². The number of ether oxygens (including phenoxy) is 1. The van der Waals surface area contributed by atoms with E-state index >= 15 is 0 Å². The van der Waals surface area contributed by atoms with Crippen molar-refractivity contribution in [2.45, 2.75) is 26.2 Å². The van der Waals surface area contributed by atoms with Crippen LogP contribution in [0.5, 0.6) is 5.75 Å². The highest BCUT2D eigenvalue weighted by atomic mass is 32.1. The lowest BCUT2D eigenvalue weighted by Crippen LogP contribution is -2.07. The van der Waals surface area contributed by atoms with Crippen LogP contribution in [-0.4, -0.2) is 22.7 Å². The second kappa shape index (κ2) is 9.18. The summed E-state index contributed by atoms with van der Waals surface area (Å²) in [6.07, 6.45) is 0.618. The van der Waals surface area contributed by atoms with E-state index in [-0.39, 0.29) is 0 Å². The molecule has 0 spiro atoms. The Morgan fingerprint density at radius 2 is 1.90 bits per heavy atom. The van der Waals surface area contributed by atoms with Gasteiger partial charge in [0.15, 0.2) is 0 Å². The average molecular weight is 434 g/mol. The standard InChI is InChI=1S/C25H23NO4S/c1-16(25(27)28)18-8-10-21(11-9-18)29-13-12-22-17(2)30-24(26-22)20-6-3-5-19(15-20)23-7-4-14-31-23/h3-11,14-16H,12-13H2,1-2H3,(H,27,28). The maximum Gasteiger partial charge on any atom is 0.310 e. The number of oxazole rings is 1. The Hall–Kier alpha value is -3.38. The molecule has 2 aromatic carbocycles. The molecular weight excluding hydrogens is 410 g/mol. The zero-order valence-electron chi connectivity index (χ0n) is 17.4. The fourth-order valence-electron chi connectivity index (χ4n) is 3.29. The van der Waals surface area contributed by atoms with Gasteiger partial charge in [0.05, 0.1) is 18.2 Å². The lowest BCUT2D eigenvalue weighted by atomic mass is 10.0. The van der Waals surface area contributed by atoms with Crippen LogP contribution in [-0.2, 0) is 11.2 Å². The Bertz CT molecular complexity index is 1160. The van der Waals surface area contributed by atoms with Crippen LogP contribution in [0.2, 0.25) is 0 Å². The molecule has 31 heavy (non-hydrogen) atoms. The molecule has 0 aliphatic heterocycles. The van der Waals surface area contributed by atoms with Gasteiger partial charge in [-0.3, -0.25) is 4.79 Å². The van der Waals surface area contributed by atoms with Gasteiger partial charge in [-0.1, -0.05) is 30.3 Å². The second-order valence-corrected chi connectivity index (χ2v) is 8.26. The molecule has 0 fully saturated rings. The number of thiophene rings is 1. The van der Waals surface area contributed by atoms with Gasteiger partial charge in [-0.15, -0.1) is 11.3 Å². The molecule has 0 aliphatic rings. The first kappa shape index (κ1) is 20.9. The van der Waals surface area contributed by atoms with Crippen molar-refractivity contribution in [3.8, 4) is 27.6 Å². The fourth-order valence-corrected chi connectivity index (χ4v) is 4.02. The molecule has 0 amide bonds. The Kier molecular flexibility index (Phi) is 6.18. The molecule has 2 heterocycles. The predicted molar refractivity (Wildman–Crippen MR) is 122 cm³/mol. The summed E-state index contributed by atoms with van der Waals surface area (Å²) in [6, 6.07) is 19.5. The maximum atomic E-state index is 11.1. The van der Waals surface area contributed by atoms with Crippen molar-refractivity contribution < 1.29 is 19.1 Å². The molecule has 4 aromatic rings. The van der Waals surface area contributed by atoms with Crippen LogP contribution in [0.3, 0.4) is 0 Å². The maximum absolute atomic E-state index is 11.1. The summed E-state index contributed by atoms with van der Waals surface area (Å²) in [7, 11) is 0. The summed E-state index contributed by atoms with van der Waals surface area (Å²) in [6.45, 7) is 4.03. The van der Waals surface area contributed by atoms with E-state index in [1.54, 1.807) is 42.5 Å². The molecule has 1 unspecified atom stereocenters. The molecule has 0 saturated heterocycles. The van der Waals surface area contributed by atoms with E-state index in [4.69, 9.17) is 14.3 Å². The number of carboxylic acid groups (broad SMARTS) is 1. The molecule has 6 heteroatoms. The van der Waals surface area contributed by atoms with E-state index in [2.05, 4.69) is 28.6 Å². The summed E-state index contributed by atoms with van der Waals surface area (Å²) < 4.78 is 11.7. The van der Waals surface area contributed by atoms with Crippen molar-refractivity contribution >= 4 is 17.3 Å². The number of carboxylic acids is 1. The minimum atomic E-state index is -0.841. The van der Waals surface area contributed by atoms with Crippen molar-refractivity contribution in [3.63, 3.8) is 0 Å². The number of aliphatic carboxylic acids is 1. The molecule has 158 valence electrons. The van der Waals surface area contributed by atoms with Gasteiger partial charge in [0.1, 0.15) is 11.5 Å². The molecule has 0 saturated carbocycles. The normalized spacial score (nSPS) is 11.9. The van der Waals surface area contributed by atoms with E-state index in [0.29, 0.717) is 24.7 Å². The molecule has 0 bridgehead atoms. The van der Waals surface area contributed by atoms with E-state index in [1.165, 1.54) is 4.88 Å². The molecule has 0 radical (unpaired) electrons. The average Bonchev–Trinajstić information content (AvgIpc) is 3.44. The second-order valence-electron chi connectivity index (χ2n) is 7.31. The monoisotopic (exact) mass is 433 g/mol.